The topological polar surface area (TPSA) is 62.7 Å². The summed E-state index contributed by atoms with van der Waals surface area (Å²) in [6, 6.07) is 12.0. The van der Waals surface area contributed by atoms with E-state index >= 15 is 0 Å². The van der Waals surface area contributed by atoms with Crippen LogP contribution in [-0.4, -0.2) is 42.1 Å². The summed E-state index contributed by atoms with van der Waals surface area (Å²) < 4.78 is 10.8. The smallest absolute Gasteiger partial charge is 0.235 e. The average Bonchev–Trinajstić information content (AvgIpc) is 3.14. The molecule has 6 heteroatoms. The van der Waals surface area contributed by atoms with Crippen molar-refractivity contribution in [3.63, 3.8) is 0 Å². The number of carbonyl (C=O) groups is 1. The third-order valence-corrected chi connectivity index (χ3v) is 6.20. The van der Waals surface area contributed by atoms with Crippen LogP contribution in [0.1, 0.15) is 29.7 Å². The van der Waals surface area contributed by atoms with Crippen molar-refractivity contribution in [2.75, 3.05) is 31.1 Å². The fourth-order valence-corrected chi connectivity index (χ4v) is 4.25. The normalized spacial score (nSPS) is 18.1. The average molecular weight is 391 g/mol. The first-order valence-corrected chi connectivity index (χ1v) is 10.2. The zero-order valence-corrected chi connectivity index (χ0v) is 16.9. The maximum Gasteiger partial charge on any atom is 0.235 e. The number of furan rings is 1. The molecule has 1 aromatic carbocycles. The second-order valence-corrected chi connectivity index (χ2v) is 8.21. The van der Waals surface area contributed by atoms with Crippen LogP contribution >= 0.6 is 0 Å². The number of rotatable bonds is 4. The molecule has 1 aliphatic heterocycles. The Kier molecular flexibility index (Phi) is 4.23. The first-order valence-electron chi connectivity index (χ1n) is 10.2. The molecule has 0 radical (unpaired) electrons. The minimum Gasteiger partial charge on any atom is -0.461 e. The van der Waals surface area contributed by atoms with Crippen LogP contribution in [0.2, 0.25) is 0 Å². The minimum absolute atomic E-state index is 0.178. The maximum atomic E-state index is 13.3. The molecule has 0 atom stereocenters. The van der Waals surface area contributed by atoms with E-state index in [1.807, 2.05) is 23.1 Å². The summed E-state index contributed by atoms with van der Waals surface area (Å²) in [5.74, 6) is 1.38. The summed E-state index contributed by atoms with van der Waals surface area (Å²) in [4.78, 5) is 17.7. The fraction of sp³-hybridized carbons (Fsp3) is 0.391. The number of hydrogen-bond donors (Lipinski definition) is 0. The van der Waals surface area contributed by atoms with E-state index in [4.69, 9.17) is 8.94 Å². The summed E-state index contributed by atoms with van der Waals surface area (Å²) in [5.41, 5.74) is 4.03. The molecule has 6 nitrogen and oxygen atoms in total. The van der Waals surface area contributed by atoms with Crippen molar-refractivity contribution in [2.24, 2.45) is 0 Å². The largest absolute Gasteiger partial charge is 0.461 e. The number of aromatic nitrogens is 1. The molecule has 1 saturated carbocycles. The van der Waals surface area contributed by atoms with Gasteiger partial charge in [0.2, 0.25) is 11.7 Å². The summed E-state index contributed by atoms with van der Waals surface area (Å²) >= 11 is 0. The molecule has 2 aromatic heterocycles. The van der Waals surface area contributed by atoms with Gasteiger partial charge in [0.05, 0.1) is 17.4 Å². The van der Waals surface area contributed by atoms with Crippen LogP contribution < -0.4 is 4.90 Å². The number of benzene rings is 1. The van der Waals surface area contributed by atoms with Crippen molar-refractivity contribution in [1.29, 1.82) is 0 Å². The monoisotopic (exact) mass is 391 g/mol. The lowest BCUT2D eigenvalue weighted by atomic mass is 9.99. The van der Waals surface area contributed by atoms with Crippen molar-refractivity contribution in [1.82, 2.24) is 10.1 Å². The Morgan fingerprint density at radius 1 is 1.03 bits per heavy atom. The Morgan fingerprint density at radius 3 is 2.52 bits per heavy atom. The molecular weight excluding hydrogens is 366 g/mol. The number of carbonyl (C=O) groups excluding carboxylic acids is 1. The number of aryl methyl sites for hydroxylation is 2. The highest BCUT2D eigenvalue weighted by Crippen LogP contribution is 2.50. The molecule has 1 aliphatic carbocycles. The van der Waals surface area contributed by atoms with E-state index in [9.17, 15) is 4.79 Å². The van der Waals surface area contributed by atoms with Crippen LogP contribution in [0.15, 0.2) is 51.6 Å². The third kappa shape index (κ3) is 3.12. The van der Waals surface area contributed by atoms with Crippen molar-refractivity contribution < 1.29 is 13.7 Å². The van der Waals surface area contributed by atoms with Gasteiger partial charge >= 0.3 is 0 Å². The number of nitrogens with zero attached hydrogens (tertiary/aromatic N) is 3. The van der Waals surface area contributed by atoms with Gasteiger partial charge in [0.15, 0.2) is 5.76 Å². The molecule has 5 rings (SSSR count). The zero-order valence-electron chi connectivity index (χ0n) is 16.9. The lowest BCUT2D eigenvalue weighted by Crippen LogP contribution is -2.51. The molecule has 0 N–H and O–H groups in total. The van der Waals surface area contributed by atoms with Crippen LogP contribution in [0, 0.1) is 13.8 Å². The lowest BCUT2D eigenvalue weighted by Gasteiger charge is -2.38. The van der Waals surface area contributed by atoms with Gasteiger partial charge in [-0.3, -0.25) is 4.79 Å². The first-order chi connectivity index (χ1) is 14.1. The highest BCUT2D eigenvalue weighted by atomic mass is 16.5. The highest BCUT2D eigenvalue weighted by Gasteiger charge is 2.55. The van der Waals surface area contributed by atoms with Gasteiger partial charge < -0.3 is 18.7 Å². The van der Waals surface area contributed by atoms with Gasteiger partial charge in [-0.15, -0.1) is 0 Å². The predicted octanol–water partition coefficient (Wildman–Crippen LogP) is 3.93. The zero-order chi connectivity index (χ0) is 20.0. The van der Waals surface area contributed by atoms with Gasteiger partial charge in [0.1, 0.15) is 0 Å². The number of hydrogen-bond acceptors (Lipinski definition) is 5. The number of piperazine rings is 1. The molecular formula is C23H25N3O3. The van der Waals surface area contributed by atoms with Crippen LogP contribution in [0.4, 0.5) is 5.69 Å². The molecule has 3 aromatic rings. The first kappa shape index (κ1) is 18.0. The molecule has 1 amide bonds. The summed E-state index contributed by atoms with van der Waals surface area (Å²) in [6.45, 7) is 7.43. The Balaban J connectivity index is 1.29. The fourth-order valence-electron chi connectivity index (χ4n) is 4.25. The van der Waals surface area contributed by atoms with Gasteiger partial charge in [-0.05, 0) is 56.0 Å². The summed E-state index contributed by atoms with van der Waals surface area (Å²) in [7, 11) is 0. The van der Waals surface area contributed by atoms with E-state index in [-0.39, 0.29) is 5.91 Å². The van der Waals surface area contributed by atoms with Crippen molar-refractivity contribution in [3.05, 3.63) is 59.5 Å². The van der Waals surface area contributed by atoms with E-state index < -0.39 is 5.41 Å². The Hall–Kier alpha value is -3.02. The molecule has 0 bridgehead atoms. The Bertz CT molecular complexity index is 1030. The van der Waals surface area contributed by atoms with Gasteiger partial charge in [-0.1, -0.05) is 17.3 Å². The van der Waals surface area contributed by atoms with E-state index in [0.29, 0.717) is 11.5 Å². The van der Waals surface area contributed by atoms with E-state index in [1.165, 1.54) is 16.8 Å². The molecule has 29 heavy (non-hydrogen) atoms. The third-order valence-electron chi connectivity index (χ3n) is 6.20. The Labute approximate surface area is 170 Å². The maximum absolute atomic E-state index is 13.3. The van der Waals surface area contributed by atoms with Gasteiger partial charge in [-0.2, -0.15) is 0 Å². The Morgan fingerprint density at radius 2 is 1.83 bits per heavy atom. The second kappa shape index (κ2) is 6.79. The molecule has 2 fully saturated rings. The molecule has 0 spiro atoms. The van der Waals surface area contributed by atoms with Crippen LogP contribution in [-0.2, 0) is 10.2 Å². The van der Waals surface area contributed by atoms with Crippen LogP contribution in [0.5, 0.6) is 0 Å². The number of amides is 1. The van der Waals surface area contributed by atoms with Crippen LogP contribution in [0.3, 0.4) is 0 Å². The van der Waals surface area contributed by atoms with Crippen LogP contribution in [0.25, 0.3) is 11.5 Å². The van der Waals surface area contributed by atoms with Gasteiger partial charge in [0, 0.05) is 37.9 Å². The quantitative estimate of drug-likeness (QED) is 0.674. The lowest BCUT2D eigenvalue weighted by molar-refractivity contribution is -0.134. The molecule has 1 saturated heterocycles. The molecule has 2 aliphatic rings. The minimum atomic E-state index is -0.518. The van der Waals surface area contributed by atoms with Gasteiger partial charge in [0.25, 0.3) is 0 Å². The highest BCUT2D eigenvalue weighted by molar-refractivity contribution is 5.91. The predicted molar refractivity (Wildman–Crippen MR) is 110 cm³/mol. The van der Waals surface area contributed by atoms with Crippen molar-refractivity contribution in [3.8, 4) is 11.5 Å². The summed E-state index contributed by atoms with van der Waals surface area (Å²) in [6.07, 6.45) is 3.26. The molecule has 0 unspecified atom stereocenters. The summed E-state index contributed by atoms with van der Waals surface area (Å²) in [5, 5.41) is 4.21. The van der Waals surface area contributed by atoms with Crippen molar-refractivity contribution >= 4 is 11.6 Å². The van der Waals surface area contributed by atoms with E-state index in [0.717, 1.165) is 44.7 Å². The van der Waals surface area contributed by atoms with Gasteiger partial charge in [-0.25, -0.2) is 0 Å². The van der Waals surface area contributed by atoms with Crippen molar-refractivity contribution in [2.45, 2.75) is 32.1 Å². The SMILES string of the molecule is Cc1ccc(C)c(N2CCN(C(=O)C3(c4cc(-c5ccco5)on4)CC3)CC2)c1. The standard InChI is InChI=1S/C23H25N3O3/c1-16-5-6-17(2)18(14-16)25-9-11-26(12-10-25)22(27)23(7-8-23)21-15-20(29-24-21)19-4-3-13-28-19/h3-6,13-15H,7-12H2,1-2H3. The number of anilines is 1. The van der Waals surface area contributed by atoms with E-state index in [2.05, 4.69) is 42.1 Å². The second-order valence-electron chi connectivity index (χ2n) is 8.21. The van der Waals surface area contributed by atoms with E-state index in [1.54, 1.807) is 6.26 Å². The molecule has 3 heterocycles. The molecule has 150 valence electrons.